The van der Waals surface area contributed by atoms with Gasteiger partial charge in [-0.2, -0.15) is 0 Å². The molecule has 1 saturated carbocycles. The number of azide groups is 1. The maximum Gasteiger partial charge on any atom is 0.414 e. The van der Waals surface area contributed by atoms with Crippen LogP contribution in [0.15, 0.2) is 60.2 Å². The van der Waals surface area contributed by atoms with Crippen molar-refractivity contribution < 1.29 is 23.9 Å². The molecule has 9 nitrogen and oxygen atoms in total. The Kier molecular flexibility index (Phi) is 6.65. The number of benzene rings is 2. The van der Waals surface area contributed by atoms with Crippen LogP contribution in [0.1, 0.15) is 40.2 Å². The first-order valence-electron chi connectivity index (χ1n) is 10.9. The molecular formula is C25H24N4O5. The van der Waals surface area contributed by atoms with Crippen molar-refractivity contribution in [1.29, 1.82) is 0 Å². The third-order valence-corrected chi connectivity index (χ3v) is 6.33. The lowest BCUT2D eigenvalue weighted by Gasteiger charge is -2.46. The average molecular weight is 460 g/mol. The van der Waals surface area contributed by atoms with Crippen LogP contribution in [-0.2, 0) is 16.1 Å². The van der Waals surface area contributed by atoms with Gasteiger partial charge in [0.1, 0.15) is 18.1 Å². The summed E-state index contributed by atoms with van der Waals surface area (Å²) in [5.74, 6) is -0.554. The SMILES string of the molecule is C=CCOC(=O)N1c2ccc(CN=[N+]=[N-])cc2C(=O)[C@H]2[C@@H](c3ccc(OC)cc3)CC(=O)C[C@H]21. The van der Waals surface area contributed by atoms with Crippen molar-refractivity contribution in [2.75, 3.05) is 18.6 Å². The van der Waals surface area contributed by atoms with Crippen molar-refractivity contribution >= 4 is 23.3 Å². The minimum atomic E-state index is -0.673. The van der Waals surface area contributed by atoms with E-state index in [2.05, 4.69) is 16.6 Å². The Morgan fingerprint density at radius 1 is 1.24 bits per heavy atom. The number of carbonyl (C=O) groups excluding carboxylic acids is 3. The van der Waals surface area contributed by atoms with Gasteiger partial charge in [0.25, 0.3) is 0 Å². The highest BCUT2D eigenvalue weighted by Gasteiger charge is 2.51. The predicted molar refractivity (Wildman–Crippen MR) is 125 cm³/mol. The first kappa shape index (κ1) is 23.1. The van der Waals surface area contributed by atoms with Crippen molar-refractivity contribution in [3.05, 3.63) is 82.3 Å². The molecule has 0 bridgehead atoms. The number of rotatable bonds is 6. The van der Waals surface area contributed by atoms with Crippen LogP contribution in [0, 0.1) is 5.92 Å². The van der Waals surface area contributed by atoms with Crippen molar-refractivity contribution in [3.8, 4) is 5.75 Å². The molecule has 4 rings (SSSR count). The molecule has 0 saturated heterocycles. The second-order valence-corrected chi connectivity index (χ2v) is 8.26. The summed E-state index contributed by atoms with van der Waals surface area (Å²) in [5.41, 5.74) is 10.9. The zero-order chi connectivity index (χ0) is 24.2. The zero-order valence-corrected chi connectivity index (χ0v) is 18.7. The summed E-state index contributed by atoms with van der Waals surface area (Å²) in [6, 6.07) is 11.6. The van der Waals surface area contributed by atoms with E-state index in [-0.39, 0.29) is 37.6 Å². The Labute approximate surface area is 196 Å². The van der Waals surface area contributed by atoms with E-state index >= 15 is 0 Å². The number of fused-ring (bicyclic) bond motifs is 2. The van der Waals surface area contributed by atoms with Crippen LogP contribution in [0.25, 0.3) is 10.4 Å². The summed E-state index contributed by atoms with van der Waals surface area (Å²) in [6.45, 7) is 3.66. The van der Waals surface area contributed by atoms with Crippen LogP contribution >= 0.6 is 0 Å². The molecule has 0 aromatic heterocycles. The smallest absolute Gasteiger partial charge is 0.414 e. The Balaban J connectivity index is 1.83. The van der Waals surface area contributed by atoms with Crippen molar-refractivity contribution in [2.45, 2.75) is 31.3 Å². The Morgan fingerprint density at radius 3 is 2.68 bits per heavy atom. The van der Waals surface area contributed by atoms with Gasteiger partial charge in [-0.3, -0.25) is 14.5 Å². The molecule has 0 spiro atoms. The van der Waals surface area contributed by atoms with E-state index in [9.17, 15) is 14.4 Å². The summed E-state index contributed by atoms with van der Waals surface area (Å²) in [5, 5.41) is 3.58. The molecule has 2 aliphatic rings. The number of hydrogen-bond acceptors (Lipinski definition) is 6. The first-order chi connectivity index (χ1) is 16.5. The second-order valence-electron chi connectivity index (χ2n) is 8.26. The molecule has 9 heteroatoms. The maximum atomic E-state index is 13.8. The molecule has 1 heterocycles. The van der Waals surface area contributed by atoms with Crippen LogP contribution in [-0.4, -0.2) is 37.4 Å². The molecule has 1 aliphatic heterocycles. The summed E-state index contributed by atoms with van der Waals surface area (Å²) in [4.78, 5) is 44.0. The molecule has 0 N–H and O–H groups in total. The van der Waals surface area contributed by atoms with Gasteiger partial charge in [0.2, 0.25) is 0 Å². The number of amides is 1. The molecular weight excluding hydrogens is 436 g/mol. The first-order valence-corrected chi connectivity index (χ1v) is 10.9. The number of nitrogens with zero attached hydrogens (tertiary/aromatic N) is 4. The highest BCUT2D eigenvalue weighted by molar-refractivity contribution is 6.11. The lowest BCUT2D eigenvalue weighted by atomic mass is 9.66. The van der Waals surface area contributed by atoms with Gasteiger partial charge in [-0.1, -0.05) is 36.0 Å². The molecule has 174 valence electrons. The summed E-state index contributed by atoms with van der Waals surface area (Å²) < 4.78 is 10.6. The second kappa shape index (κ2) is 9.80. The fourth-order valence-electron chi connectivity index (χ4n) is 4.86. The normalized spacial score (nSPS) is 21.1. The molecule has 1 aliphatic carbocycles. The largest absolute Gasteiger partial charge is 0.497 e. The van der Waals surface area contributed by atoms with Crippen LogP contribution in [0.4, 0.5) is 10.5 Å². The highest BCUT2D eigenvalue weighted by Crippen LogP contribution is 2.47. The van der Waals surface area contributed by atoms with Gasteiger partial charge in [-0.25, -0.2) is 4.79 Å². The van der Waals surface area contributed by atoms with Gasteiger partial charge in [-0.15, -0.1) is 0 Å². The fraction of sp³-hybridized carbons (Fsp3) is 0.320. The van der Waals surface area contributed by atoms with Gasteiger partial charge in [0.05, 0.1) is 31.3 Å². The fourth-order valence-corrected chi connectivity index (χ4v) is 4.86. The quantitative estimate of drug-likeness (QED) is 0.261. The Morgan fingerprint density at radius 2 is 2.00 bits per heavy atom. The number of methoxy groups -OCH3 is 1. The van der Waals surface area contributed by atoms with Crippen LogP contribution in [0.2, 0.25) is 0 Å². The van der Waals surface area contributed by atoms with Crippen LogP contribution in [0.3, 0.4) is 0 Å². The minimum absolute atomic E-state index is 0.000816. The summed E-state index contributed by atoms with van der Waals surface area (Å²) >= 11 is 0. The van der Waals surface area contributed by atoms with E-state index in [4.69, 9.17) is 15.0 Å². The van der Waals surface area contributed by atoms with E-state index in [1.165, 1.54) is 11.0 Å². The maximum absolute atomic E-state index is 13.8. The van der Waals surface area contributed by atoms with Crippen molar-refractivity contribution in [1.82, 2.24) is 0 Å². The third kappa shape index (κ3) is 4.25. The van der Waals surface area contributed by atoms with Gasteiger partial charge >= 0.3 is 6.09 Å². The topological polar surface area (TPSA) is 122 Å². The van der Waals surface area contributed by atoms with E-state index in [1.54, 1.807) is 37.4 Å². The highest BCUT2D eigenvalue weighted by atomic mass is 16.6. The van der Waals surface area contributed by atoms with Crippen molar-refractivity contribution in [2.24, 2.45) is 11.0 Å². The lowest BCUT2D eigenvalue weighted by Crippen LogP contribution is -2.56. The third-order valence-electron chi connectivity index (χ3n) is 6.33. The molecule has 3 atom stereocenters. The zero-order valence-electron chi connectivity index (χ0n) is 18.7. The number of carbonyl (C=O) groups is 3. The Bertz CT molecular complexity index is 1190. The molecule has 0 unspecified atom stereocenters. The molecule has 2 aromatic carbocycles. The van der Waals surface area contributed by atoms with E-state index < -0.39 is 24.0 Å². The number of Topliss-reactive ketones (excluding diaryl/α,β-unsaturated/α-hetero) is 2. The lowest BCUT2D eigenvalue weighted by molar-refractivity contribution is -0.121. The van der Waals surface area contributed by atoms with Crippen LogP contribution < -0.4 is 9.64 Å². The average Bonchev–Trinajstić information content (AvgIpc) is 2.85. The Hall–Kier alpha value is -4.10. The van der Waals surface area contributed by atoms with Gasteiger partial charge in [-0.05, 0) is 40.9 Å². The molecule has 1 fully saturated rings. The monoisotopic (exact) mass is 460 g/mol. The molecule has 34 heavy (non-hydrogen) atoms. The predicted octanol–water partition coefficient (Wildman–Crippen LogP) is 4.96. The van der Waals surface area contributed by atoms with E-state index in [1.807, 2.05) is 12.1 Å². The van der Waals surface area contributed by atoms with Gasteiger partial charge < -0.3 is 9.47 Å². The van der Waals surface area contributed by atoms with Gasteiger partial charge in [0.15, 0.2) is 5.78 Å². The number of hydrogen-bond donors (Lipinski definition) is 0. The van der Waals surface area contributed by atoms with E-state index in [0.717, 1.165) is 5.56 Å². The van der Waals surface area contributed by atoms with Gasteiger partial charge in [0, 0.05) is 29.2 Å². The van der Waals surface area contributed by atoms with Crippen molar-refractivity contribution in [3.63, 3.8) is 0 Å². The summed E-state index contributed by atoms with van der Waals surface area (Å²) in [7, 11) is 1.57. The minimum Gasteiger partial charge on any atom is -0.497 e. The number of anilines is 1. The molecule has 1 amide bonds. The van der Waals surface area contributed by atoms with Crippen LogP contribution in [0.5, 0.6) is 5.75 Å². The summed E-state index contributed by atoms with van der Waals surface area (Å²) in [6.07, 6.45) is 1.07. The standard InChI is InChI=1S/C25H24N4O5/c1-3-10-34-25(32)29-21-9-4-15(14-27-28-26)11-20(21)24(31)23-19(12-17(30)13-22(23)29)16-5-7-18(33-2)8-6-16/h3-9,11,19,22-23H,1,10,12-14H2,2H3/t19-,22-,23+/m1/s1. The number of ketones is 2. The van der Waals surface area contributed by atoms with E-state index in [0.29, 0.717) is 22.6 Å². The number of ether oxygens (including phenoxy) is 2. The molecule has 2 aromatic rings. The molecule has 0 radical (unpaired) electrons.